The molecule has 1 aromatic rings. The monoisotopic (exact) mass is 272 g/mol. The van der Waals surface area contributed by atoms with Gasteiger partial charge in [-0.2, -0.15) is 0 Å². The van der Waals surface area contributed by atoms with E-state index in [2.05, 4.69) is 42.3 Å². The van der Waals surface area contributed by atoms with Crippen molar-refractivity contribution in [3.63, 3.8) is 0 Å². The first-order valence-electron chi connectivity index (χ1n) is 8.35. The summed E-state index contributed by atoms with van der Waals surface area (Å²) in [6.45, 7) is 8.16. The highest BCUT2D eigenvalue weighted by atomic mass is 15.2. The molecule has 3 rings (SSSR count). The van der Waals surface area contributed by atoms with Crippen LogP contribution in [0.5, 0.6) is 0 Å². The van der Waals surface area contributed by atoms with E-state index in [1.54, 1.807) is 11.1 Å². The van der Waals surface area contributed by atoms with Crippen molar-refractivity contribution in [3.8, 4) is 0 Å². The number of nitrogens with zero attached hydrogens (tertiary/aromatic N) is 1. The third kappa shape index (κ3) is 2.77. The van der Waals surface area contributed by atoms with Crippen LogP contribution in [0.2, 0.25) is 0 Å². The molecule has 0 saturated carbocycles. The Labute approximate surface area is 123 Å². The first-order valence-corrected chi connectivity index (χ1v) is 8.35. The molecule has 1 saturated heterocycles. The number of piperidine rings is 1. The van der Waals surface area contributed by atoms with Crippen molar-refractivity contribution in [2.45, 2.75) is 58.0 Å². The number of aryl methyl sites for hydroxylation is 2. The molecule has 1 aliphatic carbocycles. The molecule has 20 heavy (non-hydrogen) atoms. The normalized spacial score (nSPS) is 25.9. The Bertz CT molecular complexity index is 449. The molecular formula is C18H28N2. The van der Waals surface area contributed by atoms with Gasteiger partial charge in [-0.3, -0.25) is 4.90 Å². The zero-order valence-corrected chi connectivity index (χ0v) is 13.0. The van der Waals surface area contributed by atoms with Crippen LogP contribution in [0.1, 0.15) is 55.3 Å². The molecule has 0 radical (unpaired) electrons. The van der Waals surface area contributed by atoms with Crippen molar-refractivity contribution in [1.82, 2.24) is 10.2 Å². The summed E-state index contributed by atoms with van der Waals surface area (Å²) in [6, 6.07) is 8.46. The minimum Gasteiger partial charge on any atom is -0.315 e. The molecule has 2 aliphatic rings. The lowest BCUT2D eigenvalue weighted by atomic mass is 9.99. The van der Waals surface area contributed by atoms with Gasteiger partial charge in [0.25, 0.3) is 0 Å². The molecule has 2 nitrogen and oxygen atoms in total. The molecule has 0 aromatic heterocycles. The van der Waals surface area contributed by atoms with Gasteiger partial charge >= 0.3 is 0 Å². The second-order valence-corrected chi connectivity index (χ2v) is 6.49. The van der Waals surface area contributed by atoms with Crippen LogP contribution in [-0.2, 0) is 6.42 Å². The SMILES string of the molecule is CCCN(C1CCCNC1)C1CCc2ccc(C)cc21. The molecular weight excluding hydrogens is 244 g/mol. The molecule has 1 fully saturated rings. The Hall–Kier alpha value is -0.860. The average Bonchev–Trinajstić information content (AvgIpc) is 2.88. The van der Waals surface area contributed by atoms with Crippen molar-refractivity contribution in [2.24, 2.45) is 0 Å². The van der Waals surface area contributed by atoms with Gasteiger partial charge < -0.3 is 5.32 Å². The second kappa shape index (κ2) is 6.28. The van der Waals surface area contributed by atoms with Gasteiger partial charge in [0.1, 0.15) is 0 Å². The Kier molecular flexibility index (Phi) is 4.42. The van der Waals surface area contributed by atoms with E-state index in [1.807, 2.05) is 0 Å². The quantitative estimate of drug-likeness (QED) is 0.903. The average molecular weight is 272 g/mol. The fourth-order valence-corrected chi connectivity index (χ4v) is 4.01. The fourth-order valence-electron chi connectivity index (χ4n) is 4.01. The number of benzene rings is 1. The first kappa shape index (κ1) is 14.1. The lowest BCUT2D eigenvalue weighted by Gasteiger charge is -2.39. The van der Waals surface area contributed by atoms with Gasteiger partial charge in [-0.25, -0.2) is 0 Å². The summed E-state index contributed by atoms with van der Waals surface area (Å²) in [7, 11) is 0. The van der Waals surface area contributed by atoms with Crippen molar-refractivity contribution < 1.29 is 0 Å². The van der Waals surface area contributed by atoms with Gasteiger partial charge in [-0.1, -0.05) is 30.7 Å². The Morgan fingerprint density at radius 3 is 2.95 bits per heavy atom. The zero-order chi connectivity index (χ0) is 13.9. The maximum atomic E-state index is 3.59. The van der Waals surface area contributed by atoms with Gasteiger partial charge in [0.15, 0.2) is 0 Å². The highest BCUT2D eigenvalue weighted by Gasteiger charge is 2.32. The molecule has 110 valence electrons. The van der Waals surface area contributed by atoms with Crippen LogP contribution in [0, 0.1) is 6.92 Å². The Morgan fingerprint density at radius 2 is 2.20 bits per heavy atom. The molecule has 0 amide bonds. The molecule has 0 bridgehead atoms. The molecule has 1 aliphatic heterocycles. The number of nitrogens with one attached hydrogen (secondary N) is 1. The maximum absolute atomic E-state index is 3.59. The standard InChI is InChI=1S/C18H28N2/c1-3-11-20(16-5-4-10-19-13-16)18-9-8-15-7-6-14(2)12-17(15)18/h6-7,12,16,18-19H,3-5,8-11,13H2,1-2H3. The number of fused-ring (bicyclic) bond motifs is 1. The zero-order valence-electron chi connectivity index (χ0n) is 13.0. The van der Waals surface area contributed by atoms with E-state index in [0.717, 1.165) is 6.04 Å². The van der Waals surface area contributed by atoms with Crippen molar-refractivity contribution in [1.29, 1.82) is 0 Å². The van der Waals surface area contributed by atoms with Gasteiger partial charge in [0, 0.05) is 18.6 Å². The van der Waals surface area contributed by atoms with E-state index in [0.29, 0.717) is 6.04 Å². The smallest absolute Gasteiger partial charge is 0.0357 e. The molecule has 2 heteroatoms. The lowest BCUT2D eigenvalue weighted by molar-refractivity contribution is 0.111. The minimum atomic E-state index is 0.662. The number of hydrogen-bond acceptors (Lipinski definition) is 2. The molecule has 0 spiro atoms. The largest absolute Gasteiger partial charge is 0.315 e. The predicted octanol–water partition coefficient (Wildman–Crippen LogP) is 3.45. The van der Waals surface area contributed by atoms with Gasteiger partial charge in [0.05, 0.1) is 0 Å². The summed E-state index contributed by atoms with van der Waals surface area (Å²) in [5.74, 6) is 0. The minimum absolute atomic E-state index is 0.662. The first-order chi connectivity index (χ1) is 9.79. The Morgan fingerprint density at radius 1 is 1.30 bits per heavy atom. The van der Waals surface area contributed by atoms with Crippen LogP contribution >= 0.6 is 0 Å². The highest BCUT2D eigenvalue weighted by molar-refractivity contribution is 5.37. The van der Waals surface area contributed by atoms with Crippen LogP contribution in [0.4, 0.5) is 0 Å². The Balaban J connectivity index is 1.84. The third-order valence-electron chi connectivity index (χ3n) is 4.97. The van der Waals surface area contributed by atoms with E-state index < -0.39 is 0 Å². The summed E-state index contributed by atoms with van der Waals surface area (Å²) < 4.78 is 0. The van der Waals surface area contributed by atoms with Gasteiger partial charge in [-0.15, -0.1) is 0 Å². The maximum Gasteiger partial charge on any atom is 0.0357 e. The summed E-state index contributed by atoms with van der Waals surface area (Å²) in [5.41, 5.74) is 4.61. The lowest BCUT2D eigenvalue weighted by Crippen LogP contribution is -2.47. The van der Waals surface area contributed by atoms with Crippen molar-refractivity contribution in [3.05, 3.63) is 34.9 Å². The van der Waals surface area contributed by atoms with Crippen LogP contribution in [0.25, 0.3) is 0 Å². The number of rotatable bonds is 4. The third-order valence-corrected chi connectivity index (χ3v) is 4.97. The van der Waals surface area contributed by atoms with Gasteiger partial charge in [-0.05, 0) is 63.2 Å². The fraction of sp³-hybridized carbons (Fsp3) is 0.667. The van der Waals surface area contributed by atoms with Crippen molar-refractivity contribution >= 4 is 0 Å². The molecule has 2 atom stereocenters. The summed E-state index contributed by atoms with van der Waals surface area (Å²) in [5, 5.41) is 3.59. The van der Waals surface area contributed by atoms with Crippen LogP contribution < -0.4 is 5.32 Å². The van der Waals surface area contributed by atoms with Gasteiger partial charge in [0.2, 0.25) is 0 Å². The van der Waals surface area contributed by atoms with E-state index in [4.69, 9.17) is 0 Å². The summed E-state index contributed by atoms with van der Waals surface area (Å²) in [4.78, 5) is 2.80. The molecule has 1 aromatic carbocycles. The van der Waals surface area contributed by atoms with Crippen LogP contribution in [-0.4, -0.2) is 30.6 Å². The van der Waals surface area contributed by atoms with Crippen LogP contribution in [0.15, 0.2) is 18.2 Å². The highest BCUT2D eigenvalue weighted by Crippen LogP contribution is 2.38. The summed E-state index contributed by atoms with van der Waals surface area (Å²) >= 11 is 0. The predicted molar refractivity (Wildman–Crippen MR) is 85.1 cm³/mol. The van der Waals surface area contributed by atoms with E-state index in [1.165, 1.54) is 57.3 Å². The van der Waals surface area contributed by atoms with E-state index in [-0.39, 0.29) is 0 Å². The molecule has 1 heterocycles. The topological polar surface area (TPSA) is 15.3 Å². The van der Waals surface area contributed by atoms with E-state index in [9.17, 15) is 0 Å². The second-order valence-electron chi connectivity index (χ2n) is 6.49. The molecule has 1 N–H and O–H groups in total. The number of hydrogen-bond donors (Lipinski definition) is 1. The van der Waals surface area contributed by atoms with Crippen LogP contribution in [0.3, 0.4) is 0 Å². The van der Waals surface area contributed by atoms with E-state index >= 15 is 0 Å². The summed E-state index contributed by atoms with van der Waals surface area (Å²) in [6.07, 6.45) is 6.53. The van der Waals surface area contributed by atoms with Crippen molar-refractivity contribution in [2.75, 3.05) is 19.6 Å². The molecule has 2 unspecified atom stereocenters.